The van der Waals surface area contributed by atoms with E-state index in [9.17, 15) is 4.79 Å². The predicted molar refractivity (Wildman–Crippen MR) is 118 cm³/mol. The molecule has 0 aliphatic rings. The van der Waals surface area contributed by atoms with Crippen molar-refractivity contribution in [3.05, 3.63) is 59.2 Å². The van der Waals surface area contributed by atoms with E-state index in [1.54, 1.807) is 18.2 Å². The van der Waals surface area contributed by atoms with Gasteiger partial charge in [0.1, 0.15) is 17.2 Å². The van der Waals surface area contributed by atoms with Crippen molar-refractivity contribution in [1.29, 1.82) is 0 Å². The number of allylic oxidation sites excluding steroid dienone is 1. The number of hydrogen-bond donors (Lipinski definition) is 0. The van der Waals surface area contributed by atoms with Crippen LogP contribution in [0.25, 0.3) is 6.08 Å². The molecule has 4 nitrogen and oxygen atoms in total. The Morgan fingerprint density at radius 2 is 1.45 bits per heavy atom. The highest BCUT2D eigenvalue weighted by Crippen LogP contribution is 2.38. The van der Waals surface area contributed by atoms with E-state index in [-0.39, 0.29) is 11.2 Å². The molecule has 29 heavy (non-hydrogen) atoms. The van der Waals surface area contributed by atoms with Crippen molar-refractivity contribution in [1.82, 2.24) is 0 Å². The van der Waals surface area contributed by atoms with Crippen LogP contribution < -0.4 is 14.2 Å². The smallest absolute Gasteiger partial charge is 0.185 e. The van der Waals surface area contributed by atoms with Crippen LogP contribution in [0.3, 0.4) is 0 Å². The summed E-state index contributed by atoms with van der Waals surface area (Å²) in [6.07, 6.45) is 3.45. The van der Waals surface area contributed by atoms with E-state index < -0.39 is 0 Å². The SMILES string of the molecule is CCOc1ccc(C(=O)C=Cc2cc(OCC)cc(OCC)c2C(C)(C)C)cc1. The van der Waals surface area contributed by atoms with Gasteiger partial charge in [0, 0.05) is 17.2 Å². The van der Waals surface area contributed by atoms with Crippen LogP contribution in [0.5, 0.6) is 17.2 Å². The van der Waals surface area contributed by atoms with E-state index in [0.717, 1.165) is 28.4 Å². The molecule has 0 aliphatic heterocycles. The topological polar surface area (TPSA) is 44.8 Å². The molecular weight excluding hydrogens is 364 g/mol. The number of carbonyl (C=O) groups excluding carboxylic acids is 1. The maximum Gasteiger partial charge on any atom is 0.185 e. The Balaban J connectivity index is 2.41. The third kappa shape index (κ3) is 6.11. The van der Waals surface area contributed by atoms with Crippen LogP contribution in [-0.2, 0) is 5.41 Å². The van der Waals surface area contributed by atoms with Crippen molar-refractivity contribution in [3.8, 4) is 17.2 Å². The largest absolute Gasteiger partial charge is 0.494 e. The van der Waals surface area contributed by atoms with E-state index in [2.05, 4.69) is 20.8 Å². The van der Waals surface area contributed by atoms with E-state index in [0.29, 0.717) is 25.4 Å². The summed E-state index contributed by atoms with van der Waals surface area (Å²) in [7, 11) is 0. The minimum Gasteiger partial charge on any atom is -0.494 e. The highest BCUT2D eigenvalue weighted by atomic mass is 16.5. The van der Waals surface area contributed by atoms with Gasteiger partial charge in [-0.3, -0.25) is 4.79 Å². The van der Waals surface area contributed by atoms with Gasteiger partial charge in [0.25, 0.3) is 0 Å². The molecule has 0 unspecified atom stereocenters. The quantitative estimate of drug-likeness (QED) is 0.381. The molecule has 2 rings (SSSR count). The zero-order chi connectivity index (χ0) is 21.4. The molecular formula is C25H32O4. The molecule has 0 saturated heterocycles. The van der Waals surface area contributed by atoms with Gasteiger partial charge in [-0.05, 0) is 68.2 Å². The maximum absolute atomic E-state index is 12.7. The van der Waals surface area contributed by atoms with Crippen LogP contribution in [0.15, 0.2) is 42.5 Å². The number of ketones is 1. The van der Waals surface area contributed by atoms with Crippen molar-refractivity contribution < 1.29 is 19.0 Å². The molecule has 0 amide bonds. The molecule has 0 N–H and O–H groups in total. The summed E-state index contributed by atoms with van der Waals surface area (Å²) in [5.41, 5.74) is 2.44. The second-order valence-electron chi connectivity index (χ2n) is 7.66. The normalized spacial score (nSPS) is 11.5. The summed E-state index contributed by atoms with van der Waals surface area (Å²) in [6, 6.07) is 11.1. The van der Waals surface area contributed by atoms with Crippen molar-refractivity contribution in [2.75, 3.05) is 19.8 Å². The van der Waals surface area contributed by atoms with E-state index in [1.807, 2.05) is 51.1 Å². The fourth-order valence-electron chi connectivity index (χ4n) is 3.21. The van der Waals surface area contributed by atoms with Crippen LogP contribution in [0, 0.1) is 0 Å². The zero-order valence-electron chi connectivity index (χ0n) is 18.4. The van der Waals surface area contributed by atoms with Crippen LogP contribution >= 0.6 is 0 Å². The Bertz CT molecular complexity index is 842. The lowest BCUT2D eigenvalue weighted by Crippen LogP contribution is -2.16. The Labute approximate surface area is 174 Å². The van der Waals surface area contributed by atoms with Gasteiger partial charge in [-0.15, -0.1) is 0 Å². The molecule has 2 aromatic carbocycles. The van der Waals surface area contributed by atoms with Crippen LogP contribution in [-0.4, -0.2) is 25.6 Å². The van der Waals surface area contributed by atoms with Gasteiger partial charge < -0.3 is 14.2 Å². The number of carbonyl (C=O) groups is 1. The molecule has 0 atom stereocenters. The summed E-state index contributed by atoms with van der Waals surface area (Å²) in [5, 5.41) is 0. The number of ether oxygens (including phenoxy) is 3. The fraction of sp³-hybridized carbons (Fsp3) is 0.400. The lowest BCUT2D eigenvalue weighted by atomic mass is 9.82. The first-order valence-electron chi connectivity index (χ1n) is 10.2. The van der Waals surface area contributed by atoms with Gasteiger partial charge >= 0.3 is 0 Å². The lowest BCUT2D eigenvalue weighted by Gasteiger charge is -2.26. The number of benzene rings is 2. The van der Waals surface area contributed by atoms with Gasteiger partial charge in [0.2, 0.25) is 0 Å². The second kappa shape index (κ2) is 10.1. The summed E-state index contributed by atoms with van der Waals surface area (Å²) in [5.74, 6) is 2.22. The average molecular weight is 397 g/mol. The van der Waals surface area contributed by atoms with Gasteiger partial charge in [0.05, 0.1) is 19.8 Å². The van der Waals surface area contributed by atoms with Crippen LogP contribution in [0.1, 0.15) is 63.0 Å². The fourth-order valence-corrected chi connectivity index (χ4v) is 3.21. The lowest BCUT2D eigenvalue weighted by molar-refractivity contribution is 0.104. The highest BCUT2D eigenvalue weighted by molar-refractivity contribution is 6.07. The third-order valence-corrected chi connectivity index (χ3v) is 4.33. The Kier molecular flexibility index (Phi) is 7.89. The first kappa shape index (κ1) is 22.5. The van der Waals surface area contributed by atoms with Crippen LogP contribution in [0.4, 0.5) is 0 Å². The molecule has 0 fully saturated rings. The van der Waals surface area contributed by atoms with Gasteiger partial charge in [-0.25, -0.2) is 0 Å². The second-order valence-corrected chi connectivity index (χ2v) is 7.66. The summed E-state index contributed by atoms with van der Waals surface area (Å²) >= 11 is 0. The molecule has 0 bridgehead atoms. The minimum absolute atomic E-state index is 0.0623. The van der Waals surface area contributed by atoms with Gasteiger partial charge in [-0.1, -0.05) is 26.8 Å². The Hall–Kier alpha value is -2.75. The Morgan fingerprint density at radius 1 is 0.862 bits per heavy atom. The van der Waals surface area contributed by atoms with Crippen LogP contribution in [0.2, 0.25) is 0 Å². The van der Waals surface area contributed by atoms with E-state index in [1.165, 1.54) is 0 Å². The van der Waals surface area contributed by atoms with Gasteiger partial charge in [0.15, 0.2) is 5.78 Å². The zero-order valence-corrected chi connectivity index (χ0v) is 18.4. The molecule has 0 saturated carbocycles. The monoisotopic (exact) mass is 396 g/mol. The summed E-state index contributed by atoms with van der Waals surface area (Å²) < 4.78 is 17.1. The molecule has 0 spiro atoms. The molecule has 0 aromatic heterocycles. The third-order valence-electron chi connectivity index (χ3n) is 4.33. The first-order chi connectivity index (χ1) is 13.8. The molecule has 4 heteroatoms. The average Bonchev–Trinajstić information content (AvgIpc) is 2.66. The van der Waals surface area contributed by atoms with Crippen molar-refractivity contribution in [3.63, 3.8) is 0 Å². The highest BCUT2D eigenvalue weighted by Gasteiger charge is 2.23. The standard InChI is InChI=1S/C25H32O4/c1-7-27-20-13-10-18(11-14-20)22(26)15-12-19-16-21(28-8-2)17-23(29-9-3)24(19)25(4,5)6/h10-17H,7-9H2,1-6H3. The van der Waals surface area contributed by atoms with Gasteiger partial charge in [-0.2, -0.15) is 0 Å². The molecule has 156 valence electrons. The molecule has 0 aliphatic carbocycles. The maximum atomic E-state index is 12.7. The molecule has 2 aromatic rings. The van der Waals surface area contributed by atoms with E-state index in [4.69, 9.17) is 14.2 Å². The van der Waals surface area contributed by atoms with Crippen molar-refractivity contribution >= 4 is 11.9 Å². The number of rotatable bonds is 9. The molecule has 0 radical (unpaired) electrons. The Morgan fingerprint density at radius 3 is 2.00 bits per heavy atom. The summed E-state index contributed by atoms with van der Waals surface area (Å²) in [6.45, 7) is 14.0. The minimum atomic E-state index is -0.156. The molecule has 0 heterocycles. The van der Waals surface area contributed by atoms with Crippen molar-refractivity contribution in [2.24, 2.45) is 0 Å². The first-order valence-corrected chi connectivity index (χ1v) is 10.2. The number of hydrogen-bond acceptors (Lipinski definition) is 4. The van der Waals surface area contributed by atoms with Crippen molar-refractivity contribution in [2.45, 2.75) is 47.0 Å². The summed E-state index contributed by atoms with van der Waals surface area (Å²) in [4.78, 5) is 12.7. The predicted octanol–water partition coefficient (Wildman–Crippen LogP) is 6.08. The van der Waals surface area contributed by atoms with E-state index >= 15 is 0 Å².